The third-order valence-corrected chi connectivity index (χ3v) is 5.35. The van der Waals surface area contributed by atoms with E-state index in [1.807, 2.05) is 30.8 Å². The Morgan fingerprint density at radius 1 is 1.12 bits per heavy atom. The number of aryl methyl sites for hydroxylation is 1. The fraction of sp³-hybridized carbons (Fsp3) is 0.304. The molecule has 1 atom stereocenters. The number of carbonyl (C=O) groups is 1. The van der Waals surface area contributed by atoms with Crippen LogP contribution >= 0.6 is 0 Å². The van der Waals surface area contributed by atoms with E-state index in [0.29, 0.717) is 11.3 Å². The van der Waals surface area contributed by atoms with E-state index in [0.717, 1.165) is 27.6 Å². The van der Waals surface area contributed by atoms with Crippen molar-refractivity contribution in [3.05, 3.63) is 49.3 Å². The number of aromatic amines is 1. The number of hydrogen-bond acceptors (Lipinski definition) is 5. The number of fused-ring (bicyclic) bond motifs is 1. The molecule has 3 N–H and O–H groups in total. The molecule has 0 aliphatic rings. The standard InChI is InChI=1S/C23H24F3N7O/c1-13(2)20(22(34)30-12-23(24,25)26)32-17-4-15(6-27-9-17)19-10-29-21-18(19)5-14(7-28-21)16-8-31-33(3)11-16/h4-11,13,20,32H,12H2,1-3H3,(H,28,29)(H,30,34)/t20-/m1/s1. The lowest BCUT2D eigenvalue weighted by Gasteiger charge is -2.23. The molecule has 0 aliphatic heterocycles. The van der Waals surface area contributed by atoms with Gasteiger partial charge in [-0.15, -0.1) is 0 Å². The Morgan fingerprint density at radius 3 is 2.59 bits per heavy atom. The summed E-state index contributed by atoms with van der Waals surface area (Å²) in [4.78, 5) is 24.3. The summed E-state index contributed by atoms with van der Waals surface area (Å²) in [6.45, 7) is 2.14. The molecular weight excluding hydrogens is 447 g/mol. The van der Waals surface area contributed by atoms with Crippen LogP contribution in [0.5, 0.6) is 0 Å². The maximum Gasteiger partial charge on any atom is 0.405 e. The van der Waals surface area contributed by atoms with Gasteiger partial charge < -0.3 is 15.6 Å². The van der Waals surface area contributed by atoms with E-state index in [1.165, 1.54) is 6.20 Å². The lowest BCUT2D eigenvalue weighted by molar-refractivity contribution is -0.139. The third-order valence-electron chi connectivity index (χ3n) is 5.35. The van der Waals surface area contributed by atoms with Crippen molar-refractivity contribution < 1.29 is 18.0 Å². The first-order chi connectivity index (χ1) is 16.1. The van der Waals surface area contributed by atoms with E-state index in [-0.39, 0.29) is 5.92 Å². The van der Waals surface area contributed by atoms with Crippen LogP contribution in [0, 0.1) is 5.92 Å². The third kappa shape index (κ3) is 5.19. The summed E-state index contributed by atoms with van der Waals surface area (Å²) in [5.41, 5.74) is 4.68. The fourth-order valence-corrected chi connectivity index (χ4v) is 3.65. The van der Waals surface area contributed by atoms with Crippen LogP contribution < -0.4 is 10.6 Å². The Balaban J connectivity index is 1.61. The summed E-state index contributed by atoms with van der Waals surface area (Å²) in [7, 11) is 1.84. The summed E-state index contributed by atoms with van der Waals surface area (Å²) in [5, 5.41) is 10.1. The van der Waals surface area contributed by atoms with Crippen molar-refractivity contribution >= 4 is 22.6 Å². The molecule has 4 aromatic heterocycles. The number of nitrogens with zero attached hydrogens (tertiary/aromatic N) is 4. The van der Waals surface area contributed by atoms with Gasteiger partial charge >= 0.3 is 6.18 Å². The van der Waals surface area contributed by atoms with Crippen LogP contribution in [0.15, 0.2) is 49.3 Å². The maximum atomic E-state index is 12.5. The zero-order valence-corrected chi connectivity index (χ0v) is 18.8. The van der Waals surface area contributed by atoms with E-state index < -0.39 is 24.7 Å². The lowest BCUT2D eigenvalue weighted by Crippen LogP contribution is -2.46. The van der Waals surface area contributed by atoms with E-state index in [2.05, 4.69) is 25.4 Å². The lowest BCUT2D eigenvalue weighted by atomic mass is 10.0. The summed E-state index contributed by atoms with van der Waals surface area (Å²) in [6.07, 6.45) is 5.98. The van der Waals surface area contributed by atoms with Gasteiger partial charge in [-0.3, -0.25) is 14.5 Å². The minimum atomic E-state index is -4.48. The van der Waals surface area contributed by atoms with Crippen LogP contribution in [0.2, 0.25) is 0 Å². The van der Waals surface area contributed by atoms with E-state index in [9.17, 15) is 18.0 Å². The highest BCUT2D eigenvalue weighted by Gasteiger charge is 2.30. The van der Waals surface area contributed by atoms with Crippen LogP contribution in [-0.4, -0.2) is 49.4 Å². The second-order valence-corrected chi connectivity index (χ2v) is 8.39. The van der Waals surface area contributed by atoms with Crippen LogP contribution in [0.4, 0.5) is 18.9 Å². The second-order valence-electron chi connectivity index (χ2n) is 8.39. The molecule has 8 nitrogen and oxygen atoms in total. The highest BCUT2D eigenvalue weighted by atomic mass is 19.4. The van der Waals surface area contributed by atoms with E-state index in [4.69, 9.17) is 0 Å². The maximum absolute atomic E-state index is 12.5. The topological polar surface area (TPSA) is 101 Å². The number of anilines is 1. The average Bonchev–Trinajstić information content (AvgIpc) is 3.41. The Kier molecular flexibility index (Phi) is 6.27. The zero-order valence-electron chi connectivity index (χ0n) is 18.8. The Bertz CT molecular complexity index is 1310. The molecule has 0 aromatic carbocycles. The van der Waals surface area contributed by atoms with Crippen molar-refractivity contribution in [1.29, 1.82) is 0 Å². The predicted molar refractivity (Wildman–Crippen MR) is 123 cm³/mol. The van der Waals surface area contributed by atoms with Gasteiger partial charge in [0.05, 0.1) is 11.9 Å². The highest BCUT2D eigenvalue weighted by molar-refractivity contribution is 5.96. The molecule has 0 spiro atoms. The number of rotatable bonds is 7. The van der Waals surface area contributed by atoms with Crippen molar-refractivity contribution in [2.24, 2.45) is 13.0 Å². The molecule has 1 amide bonds. The molecule has 4 aromatic rings. The number of amides is 1. The summed E-state index contributed by atoms with van der Waals surface area (Å²) < 4.78 is 39.3. The molecular formula is C23H24F3N7O. The zero-order chi connectivity index (χ0) is 24.5. The number of aromatic nitrogens is 5. The fourth-order valence-electron chi connectivity index (χ4n) is 3.65. The summed E-state index contributed by atoms with van der Waals surface area (Å²) in [6, 6.07) is 2.95. The SMILES string of the molecule is CC(C)[C@@H](Nc1cncc(-c2c[nH]c3ncc(-c4cnn(C)c4)cc23)c1)C(=O)NCC(F)(F)F. The van der Waals surface area contributed by atoms with Gasteiger partial charge in [-0.2, -0.15) is 18.3 Å². The minimum Gasteiger partial charge on any atom is -0.372 e. The first kappa shape index (κ1) is 23.3. The molecule has 0 radical (unpaired) electrons. The number of nitrogens with one attached hydrogen (secondary N) is 3. The molecule has 4 rings (SSSR count). The number of carbonyl (C=O) groups excluding carboxylic acids is 1. The van der Waals surface area contributed by atoms with Gasteiger partial charge in [0, 0.05) is 65.7 Å². The van der Waals surface area contributed by atoms with Crippen LogP contribution in [0.1, 0.15) is 13.8 Å². The highest BCUT2D eigenvalue weighted by Crippen LogP contribution is 2.32. The largest absolute Gasteiger partial charge is 0.405 e. The van der Waals surface area contributed by atoms with Gasteiger partial charge in [-0.25, -0.2) is 4.98 Å². The number of H-pyrrole nitrogens is 1. The molecule has 0 bridgehead atoms. The van der Waals surface area contributed by atoms with Crippen molar-refractivity contribution in [2.45, 2.75) is 26.1 Å². The molecule has 4 heterocycles. The Labute approximate surface area is 193 Å². The predicted octanol–water partition coefficient (Wildman–Crippen LogP) is 4.14. The monoisotopic (exact) mass is 471 g/mol. The quantitative estimate of drug-likeness (QED) is 0.376. The Hall–Kier alpha value is -3.89. The molecule has 34 heavy (non-hydrogen) atoms. The first-order valence-electron chi connectivity index (χ1n) is 10.6. The van der Waals surface area contributed by atoms with Gasteiger partial charge in [0.15, 0.2) is 0 Å². The van der Waals surface area contributed by atoms with E-state index >= 15 is 0 Å². The summed E-state index contributed by atoms with van der Waals surface area (Å²) >= 11 is 0. The molecule has 0 aliphatic carbocycles. The second kappa shape index (κ2) is 9.16. The van der Waals surface area contributed by atoms with Crippen LogP contribution in [-0.2, 0) is 11.8 Å². The average molecular weight is 471 g/mol. The van der Waals surface area contributed by atoms with E-state index in [1.54, 1.807) is 43.2 Å². The smallest absolute Gasteiger partial charge is 0.372 e. The first-order valence-corrected chi connectivity index (χ1v) is 10.6. The van der Waals surface area contributed by atoms with Crippen molar-refractivity contribution in [3.8, 4) is 22.3 Å². The van der Waals surface area contributed by atoms with Crippen molar-refractivity contribution in [2.75, 3.05) is 11.9 Å². The number of halogens is 3. The Morgan fingerprint density at radius 2 is 1.91 bits per heavy atom. The van der Waals surface area contributed by atoms with Crippen LogP contribution in [0.25, 0.3) is 33.3 Å². The van der Waals surface area contributed by atoms with Gasteiger partial charge in [0.1, 0.15) is 18.2 Å². The normalized spacial score (nSPS) is 12.8. The molecule has 0 saturated carbocycles. The molecule has 0 unspecified atom stereocenters. The number of alkyl halides is 3. The summed E-state index contributed by atoms with van der Waals surface area (Å²) in [5.74, 6) is -0.980. The van der Waals surface area contributed by atoms with Gasteiger partial charge in [-0.05, 0) is 18.1 Å². The number of pyridine rings is 2. The molecule has 0 saturated heterocycles. The molecule has 11 heteroatoms. The molecule has 178 valence electrons. The van der Waals surface area contributed by atoms with Crippen molar-refractivity contribution in [1.82, 2.24) is 30.0 Å². The van der Waals surface area contributed by atoms with Gasteiger partial charge in [0.2, 0.25) is 5.91 Å². The number of hydrogen-bond donors (Lipinski definition) is 3. The van der Waals surface area contributed by atoms with Gasteiger partial charge in [-0.1, -0.05) is 13.8 Å². The molecule has 0 fully saturated rings. The van der Waals surface area contributed by atoms with Crippen molar-refractivity contribution in [3.63, 3.8) is 0 Å². The van der Waals surface area contributed by atoms with Crippen LogP contribution in [0.3, 0.4) is 0 Å². The van der Waals surface area contributed by atoms with Gasteiger partial charge in [0.25, 0.3) is 0 Å². The minimum absolute atomic E-state index is 0.254.